The molecule has 6 heteroatoms. The molecule has 19 heavy (non-hydrogen) atoms. The average molecular weight is 269 g/mol. The fraction of sp³-hybridized carbons (Fsp3) is 0.385. The molecule has 1 saturated carbocycles. The van der Waals surface area contributed by atoms with Crippen LogP contribution in [-0.4, -0.2) is 23.0 Å². The molecule has 2 rings (SSSR count). The number of halogens is 2. The zero-order valence-electron chi connectivity index (χ0n) is 10.0. The van der Waals surface area contributed by atoms with Crippen molar-refractivity contribution in [3.63, 3.8) is 0 Å². The van der Waals surface area contributed by atoms with Crippen molar-refractivity contribution in [3.05, 3.63) is 35.4 Å². The molecule has 1 aliphatic rings. The summed E-state index contributed by atoms with van der Waals surface area (Å²) < 4.78 is 26.1. The predicted octanol–water partition coefficient (Wildman–Crippen LogP) is 1.95. The molecule has 4 nitrogen and oxygen atoms in total. The fourth-order valence-electron chi connectivity index (χ4n) is 2.27. The molecule has 1 fully saturated rings. The van der Waals surface area contributed by atoms with E-state index in [9.17, 15) is 18.4 Å². The fourth-order valence-corrected chi connectivity index (χ4v) is 2.27. The Morgan fingerprint density at radius 1 is 1.26 bits per heavy atom. The second kappa shape index (κ2) is 5.34. The molecule has 0 spiro atoms. The normalized spacial score (nSPS) is 22.2. The maximum absolute atomic E-state index is 13.4. The molecular weight excluding hydrogens is 256 g/mol. The van der Waals surface area contributed by atoms with E-state index >= 15 is 0 Å². The summed E-state index contributed by atoms with van der Waals surface area (Å²) in [5, 5.41) is 11.4. The third-order valence-electron chi connectivity index (χ3n) is 3.29. The van der Waals surface area contributed by atoms with E-state index in [2.05, 4.69) is 5.32 Å². The molecule has 102 valence electrons. The first-order valence-corrected chi connectivity index (χ1v) is 5.96. The van der Waals surface area contributed by atoms with Crippen LogP contribution in [0.5, 0.6) is 0 Å². The highest BCUT2D eigenvalue weighted by atomic mass is 19.1. The Morgan fingerprint density at radius 3 is 2.58 bits per heavy atom. The lowest BCUT2D eigenvalue weighted by Crippen LogP contribution is -2.33. The van der Waals surface area contributed by atoms with E-state index in [0.717, 1.165) is 12.1 Å². The van der Waals surface area contributed by atoms with Crippen LogP contribution in [0.2, 0.25) is 0 Å². The maximum Gasteiger partial charge on any atom is 0.306 e. The first-order chi connectivity index (χ1) is 8.97. The SMILES string of the molecule is O=C(N[C@H]1CC[C@@H](C(=O)O)C1)c1ccc(F)cc1F. The molecule has 2 N–H and O–H groups in total. The van der Waals surface area contributed by atoms with Crippen molar-refractivity contribution in [1.29, 1.82) is 0 Å². The second-order valence-corrected chi connectivity index (χ2v) is 4.64. The number of rotatable bonds is 3. The van der Waals surface area contributed by atoms with Crippen LogP contribution in [0.15, 0.2) is 18.2 Å². The molecule has 0 saturated heterocycles. The number of benzene rings is 1. The van der Waals surface area contributed by atoms with Gasteiger partial charge in [-0.1, -0.05) is 0 Å². The highest BCUT2D eigenvalue weighted by molar-refractivity contribution is 5.94. The first-order valence-electron chi connectivity index (χ1n) is 5.96. The molecule has 2 atom stereocenters. The topological polar surface area (TPSA) is 66.4 Å². The largest absolute Gasteiger partial charge is 0.481 e. The van der Waals surface area contributed by atoms with Gasteiger partial charge in [-0.05, 0) is 31.4 Å². The zero-order valence-corrected chi connectivity index (χ0v) is 10.0. The van der Waals surface area contributed by atoms with Crippen LogP contribution in [0.25, 0.3) is 0 Å². The van der Waals surface area contributed by atoms with Crippen LogP contribution in [0.3, 0.4) is 0 Å². The van der Waals surface area contributed by atoms with Gasteiger partial charge in [0.05, 0.1) is 11.5 Å². The van der Waals surface area contributed by atoms with E-state index < -0.39 is 29.4 Å². The van der Waals surface area contributed by atoms with Gasteiger partial charge < -0.3 is 10.4 Å². The summed E-state index contributed by atoms with van der Waals surface area (Å²) in [6.07, 6.45) is 1.38. The number of carbonyl (C=O) groups is 2. The third-order valence-corrected chi connectivity index (χ3v) is 3.29. The van der Waals surface area contributed by atoms with Gasteiger partial charge in [-0.3, -0.25) is 9.59 Å². The average Bonchev–Trinajstić information content (AvgIpc) is 2.77. The van der Waals surface area contributed by atoms with Crippen LogP contribution >= 0.6 is 0 Å². The Labute approximate surface area is 108 Å². The number of nitrogens with one attached hydrogen (secondary N) is 1. The number of hydrogen-bond acceptors (Lipinski definition) is 2. The lowest BCUT2D eigenvalue weighted by molar-refractivity contribution is -0.141. The Kier molecular flexibility index (Phi) is 3.78. The summed E-state index contributed by atoms with van der Waals surface area (Å²) in [6, 6.07) is 2.44. The molecule has 0 heterocycles. The predicted molar refractivity (Wildman–Crippen MR) is 62.6 cm³/mol. The van der Waals surface area contributed by atoms with Crippen LogP contribution in [-0.2, 0) is 4.79 Å². The molecule has 0 aliphatic heterocycles. The molecule has 1 amide bonds. The molecule has 0 unspecified atom stereocenters. The molecular formula is C13H13F2NO3. The summed E-state index contributed by atoms with van der Waals surface area (Å²) in [4.78, 5) is 22.6. The third kappa shape index (κ3) is 3.07. The van der Waals surface area contributed by atoms with Crippen molar-refractivity contribution in [2.45, 2.75) is 25.3 Å². The molecule has 0 radical (unpaired) electrons. The van der Waals surface area contributed by atoms with E-state index in [0.29, 0.717) is 25.3 Å². The molecule has 0 bridgehead atoms. The number of aliphatic carboxylic acids is 1. The number of hydrogen-bond donors (Lipinski definition) is 2. The van der Waals surface area contributed by atoms with E-state index in [4.69, 9.17) is 5.11 Å². The highest BCUT2D eigenvalue weighted by Gasteiger charge is 2.31. The smallest absolute Gasteiger partial charge is 0.306 e. The van der Waals surface area contributed by atoms with Gasteiger partial charge in [0.15, 0.2) is 0 Å². The summed E-state index contributed by atoms with van der Waals surface area (Å²) in [5.41, 5.74) is -0.236. The Balaban J connectivity index is 2.00. The lowest BCUT2D eigenvalue weighted by atomic mass is 10.1. The van der Waals surface area contributed by atoms with Gasteiger partial charge in [0, 0.05) is 12.1 Å². The van der Waals surface area contributed by atoms with Gasteiger partial charge in [0.2, 0.25) is 0 Å². The number of carboxylic acid groups (broad SMARTS) is 1. The van der Waals surface area contributed by atoms with Gasteiger partial charge in [-0.2, -0.15) is 0 Å². The summed E-state index contributed by atoms with van der Waals surface area (Å²) in [6.45, 7) is 0. The molecule has 1 aliphatic carbocycles. The van der Waals surface area contributed by atoms with Crippen molar-refractivity contribution >= 4 is 11.9 Å². The van der Waals surface area contributed by atoms with Crippen molar-refractivity contribution in [2.24, 2.45) is 5.92 Å². The van der Waals surface area contributed by atoms with Gasteiger partial charge >= 0.3 is 5.97 Å². The second-order valence-electron chi connectivity index (χ2n) is 4.64. The minimum atomic E-state index is -0.926. The molecule has 1 aromatic carbocycles. The standard InChI is InChI=1S/C13H13F2NO3/c14-8-2-4-10(11(15)6-8)12(17)16-9-3-1-7(5-9)13(18)19/h2,4,6-7,9H,1,3,5H2,(H,16,17)(H,18,19)/t7-,9+/m1/s1. The maximum atomic E-state index is 13.4. The van der Waals surface area contributed by atoms with Crippen LogP contribution < -0.4 is 5.32 Å². The molecule has 0 aromatic heterocycles. The molecule has 1 aromatic rings. The van der Waals surface area contributed by atoms with E-state index in [1.165, 1.54) is 0 Å². The Morgan fingerprint density at radius 2 is 2.00 bits per heavy atom. The van der Waals surface area contributed by atoms with Crippen molar-refractivity contribution in [2.75, 3.05) is 0 Å². The number of amides is 1. The quantitative estimate of drug-likeness (QED) is 0.881. The van der Waals surface area contributed by atoms with Gasteiger partial charge in [-0.15, -0.1) is 0 Å². The van der Waals surface area contributed by atoms with Crippen molar-refractivity contribution < 1.29 is 23.5 Å². The summed E-state index contributed by atoms with van der Waals surface area (Å²) in [5.74, 6) is -3.67. The number of carbonyl (C=O) groups excluding carboxylic acids is 1. The monoisotopic (exact) mass is 269 g/mol. The highest BCUT2D eigenvalue weighted by Crippen LogP contribution is 2.26. The Bertz CT molecular complexity index is 519. The van der Waals surface area contributed by atoms with Crippen molar-refractivity contribution in [3.8, 4) is 0 Å². The van der Waals surface area contributed by atoms with E-state index in [-0.39, 0.29) is 11.6 Å². The van der Waals surface area contributed by atoms with Crippen molar-refractivity contribution in [1.82, 2.24) is 5.32 Å². The minimum Gasteiger partial charge on any atom is -0.481 e. The number of carboxylic acids is 1. The Hall–Kier alpha value is -1.98. The van der Waals surface area contributed by atoms with Gasteiger partial charge in [0.1, 0.15) is 11.6 Å². The summed E-state index contributed by atoms with van der Waals surface area (Å²) >= 11 is 0. The van der Waals surface area contributed by atoms with Crippen LogP contribution in [0, 0.1) is 17.6 Å². The minimum absolute atomic E-state index is 0.236. The van der Waals surface area contributed by atoms with E-state index in [1.807, 2.05) is 0 Å². The van der Waals surface area contributed by atoms with Gasteiger partial charge in [0.25, 0.3) is 5.91 Å². The van der Waals surface area contributed by atoms with Crippen LogP contribution in [0.4, 0.5) is 8.78 Å². The zero-order chi connectivity index (χ0) is 14.0. The summed E-state index contributed by atoms with van der Waals surface area (Å²) in [7, 11) is 0. The van der Waals surface area contributed by atoms with Gasteiger partial charge in [-0.25, -0.2) is 8.78 Å². The van der Waals surface area contributed by atoms with Crippen LogP contribution in [0.1, 0.15) is 29.6 Å². The van der Waals surface area contributed by atoms with E-state index in [1.54, 1.807) is 0 Å². The lowest BCUT2D eigenvalue weighted by Gasteiger charge is -2.12. The first kappa shape index (κ1) is 13.5.